The van der Waals surface area contributed by atoms with Crippen LogP contribution in [0.1, 0.15) is 64.4 Å². The first-order chi connectivity index (χ1) is 23.8. The van der Waals surface area contributed by atoms with Gasteiger partial charge in [-0.2, -0.15) is 13.2 Å². The second-order valence-electron chi connectivity index (χ2n) is 12.3. The normalized spacial score (nSPS) is 26.7. The van der Waals surface area contributed by atoms with Gasteiger partial charge in [-0.3, -0.25) is 4.79 Å². The van der Waals surface area contributed by atoms with Gasteiger partial charge >= 0.3 is 12.1 Å². The lowest BCUT2D eigenvalue weighted by Gasteiger charge is -2.31. The number of aliphatic hydroxyl groups excluding tert-OH is 1. The molecule has 0 aromatic carbocycles. The quantitative estimate of drug-likeness (QED) is 0.212. The molecule has 12 heteroatoms. The zero-order chi connectivity index (χ0) is 37.4. The molecule has 1 fully saturated rings. The van der Waals surface area contributed by atoms with E-state index in [1.165, 1.54) is 20.1 Å². The third-order valence-electron chi connectivity index (χ3n) is 9.79. The van der Waals surface area contributed by atoms with Gasteiger partial charge in [0.15, 0.2) is 0 Å². The molecule has 8 bridgehead atoms. The summed E-state index contributed by atoms with van der Waals surface area (Å²) in [5, 5.41) is 18.9. The molecule has 248 valence electrons. The molecule has 9 nitrogen and oxygen atoms in total. The molecule has 5 heterocycles. The van der Waals surface area contributed by atoms with Crippen LogP contribution in [0.2, 0.25) is 0 Å². The minimum Gasteiger partial charge on any atom is -0.511 e. The molecule has 6 aliphatic rings. The summed E-state index contributed by atoms with van der Waals surface area (Å²) in [6.07, 6.45) is 0.204. The number of halogens is 3. The number of carbonyl (C=O) groups excluding carboxylic acids is 1. The molecule has 1 unspecified atom stereocenters. The highest BCUT2D eigenvalue weighted by Gasteiger charge is 2.60. The van der Waals surface area contributed by atoms with E-state index < -0.39 is 30.5 Å². The van der Waals surface area contributed by atoms with E-state index in [0.717, 1.165) is 16.7 Å². The predicted molar refractivity (Wildman–Crippen MR) is 171 cm³/mol. The lowest BCUT2D eigenvalue weighted by atomic mass is 9.86. The molecule has 1 saturated heterocycles. The molecule has 6 rings (SSSR count). The van der Waals surface area contributed by atoms with Crippen molar-refractivity contribution in [2.45, 2.75) is 72.3 Å². The van der Waals surface area contributed by atoms with Crippen LogP contribution in [-0.2, 0) is 14.3 Å². The number of ether oxygens (including phenoxy) is 2. The molecule has 0 saturated carbocycles. The Hall–Kier alpha value is -4.29. The van der Waals surface area contributed by atoms with Crippen LogP contribution >= 0.6 is 0 Å². The molecule has 0 amide bonds. The highest BCUT2D eigenvalue weighted by Crippen LogP contribution is 2.48. The van der Waals surface area contributed by atoms with Crippen LogP contribution < -0.4 is 5.32 Å². The molecule has 47 heavy (non-hydrogen) atoms. The predicted octanol–water partition coefficient (Wildman–Crippen LogP) is 6.51. The van der Waals surface area contributed by atoms with Crippen molar-refractivity contribution in [3.8, 4) is 0 Å². The van der Waals surface area contributed by atoms with Gasteiger partial charge in [0.25, 0.3) is 5.79 Å². The van der Waals surface area contributed by atoms with Crippen molar-refractivity contribution >= 4 is 23.1 Å². The van der Waals surface area contributed by atoms with E-state index in [9.17, 15) is 9.90 Å². The largest absolute Gasteiger partial charge is 0.511 e. The highest BCUT2D eigenvalue weighted by molar-refractivity contribution is 6.21. The molecule has 3 atom stereocenters. The average molecular weight is 655 g/mol. The summed E-state index contributed by atoms with van der Waals surface area (Å²) in [5.74, 6) is -4.97. The van der Waals surface area contributed by atoms with E-state index in [-0.39, 0.29) is 53.1 Å². The Balaban J connectivity index is 1.65. The molecule has 1 aliphatic carbocycles. The standard InChI is InChI=1S/C35H37F3N4O5/c1-8-19-15(2)22-14-27-31(34(45,47-7)35(36,37)38)18(5)25(40-27)12-23-16(3)20(9-10-29(44)46-6)32(41-23)21-11-28(43)30-17(4)24(42-33(21)30)13-26(19)39-22/h12-14,16,20,41,43,45H,8-11H2,1-7H3/t16-,20-,34?/m0/s1/i7D3,45D. The number of aliphatic hydroxyl groups is 2. The van der Waals surface area contributed by atoms with Crippen molar-refractivity contribution in [2.75, 3.05) is 14.1 Å². The van der Waals surface area contributed by atoms with E-state index in [1.54, 1.807) is 19.1 Å². The fourth-order valence-corrected chi connectivity index (χ4v) is 7.15. The van der Waals surface area contributed by atoms with Gasteiger partial charge in [0, 0.05) is 54.3 Å². The van der Waals surface area contributed by atoms with E-state index in [2.05, 4.69) is 20.2 Å². The molecular weight excluding hydrogens is 613 g/mol. The molecule has 0 aromatic heterocycles. The first kappa shape index (κ1) is 27.8. The number of hydrogen-bond donors (Lipinski definition) is 3. The summed E-state index contributed by atoms with van der Waals surface area (Å²) in [6.45, 7) is 8.75. The molecule has 0 radical (unpaired) electrons. The Kier molecular flexibility index (Phi) is 6.77. The van der Waals surface area contributed by atoms with Crippen LogP contribution in [0.25, 0.3) is 0 Å². The van der Waals surface area contributed by atoms with E-state index in [4.69, 9.17) is 20.3 Å². The lowest BCUT2D eigenvalue weighted by Crippen LogP contribution is -2.49. The number of aliphatic imine (C=N–C) groups is 3. The molecule has 0 spiro atoms. The number of carbonyl (C=O) groups is 1. The van der Waals surface area contributed by atoms with E-state index in [1.807, 2.05) is 20.8 Å². The SMILES string of the molecule is [2H]OC(OC([2H])([2H])[2H])(C1=C(C)C2=NC1=CC1=NC(=CC3=C(C)C4=C(O)CC(=C5NC(=C2)[C@@H](C)[C@@H]5CCC(=O)OC)C4=N3)C(CC)=C1C)C(F)(F)F. The monoisotopic (exact) mass is 654 g/mol. The van der Waals surface area contributed by atoms with Crippen LogP contribution in [0.5, 0.6) is 0 Å². The second kappa shape index (κ2) is 11.4. The number of nitrogens with one attached hydrogen (secondary N) is 1. The van der Waals surface area contributed by atoms with Crippen LogP contribution in [0.15, 0.2) is 106 Å². The number of fused-ring (bicyclic) bond motifs is 5. The number of rotatable bonds is 7. The number of alkyl halides is 3. The maximum atomic E-state index is 15.0. The van der Waals surface area contributed by atoms with Gasteiger partial charge in [-0.25, -0.2) is 15.0 Å². The zero-order valence-electron chi connectivity index (χ0n) is 30.8. The van der Waals surface area contributed by atoms with Gasteiger partial charge < -0.3 is 25.0 Å². The zero-order valence-corrected chi connectivity index (χ0v) is 26.8. The fraction of sp³-hybridized carbons (Fsp3) is 0.429. The van der Waals surface area contributed by atoms with Gasteiger partial charge in [-0.1, -0.05) is 13.8 Å². The Morgan fingerprint density at radius 1 is 1.11 bits per heavy atom. The van der Waals surface area contributed by atoms with Gasteiger partial charge in [0.2, 0.25) is 1.43 Å². The second-order valence-corrected chi connectivity index (χ2v) is 12.3. The minimum atomic E-state index is -5.54. The first-order valence-electron chi connectivity index (χ1n) is 17.2. The third-order valence-corrected chi connectivity index (χ3v) is 9.79. The van der Waals surface area contributed by atoms with Crippen LogP contribution in [-0.4, -0.2) is 60.9 Å². The number of esters is 1. The lowest BCUT2D eigenvalue weighted by molar-refractivity contribution is -0.337. The van der Waals surface area contributed by atoms with Gasteiger partial charge in [-0.05, 0) is 74.1 Å². The smallest absolute Gasteiger partial charge is 0.448 e. The number of nitrogens with zero attached hydrogens (tertiary/aromatic N) is 3. The van der Waals surface area contributed by atoms with Gasteiger partial charge in [0.05, 0.1) is 51.0 Å². The molecule has 5 aliphatic heterocycles. The highest BCUT2D eigenvalue weighted by atomic mass is 19.4. The fourth-order valence-electron chi connectivity index (χ4n) is 7.15. The maximum absolute atomic E-state index is 15.0. The first-order valence-corrected chi connectivity index (χ1v) is 15.3. The van der Waals surface area contributed by atoms with E-state index >= 15 is 13.2 Å². The summed E-state index contributed by atoms with van der Waals surface area (Å²) in [4.78, 5) is 26.6. The van der Waals surface area contributed by atoms with Crippen molar-refractivity contribution < 1.29 is 41.8 Å². The number of methoxy groups -OCH3 is 2. The number of allylic oxidation sites excluding steroid dienone is 11. The Morgan fingerprint density at radius 2 is 1.83 bits per heavy atom. The van der Waals surface area contributed by atoms with E-state index in [0.29, 0.717) is 52.5 Å². The van der Waals surface area contributed by atoms with Crippen LogP contribution in [0, 0.1) is 11.8 Å². The Bertz CT molecular complexity index is 1990. The Morgan fingerprint density at radius 3 is 2.49 bits per heavy atom. The summed E-state index contributed by atoms with van der Waals surface area (Å²) >= 11 is 0. The van der Waals surface area contributed by atoms with Gasteiger partial charge in [-0.15, -0.1) is 0 Å². The minimum absolute atomic E-state index is 0.0354. The van der Waals surface area contributed by atoms with Gasteiger partial charge in [0.1, 0.15) is 5.76 Å². The van der Waals surface area contributed by atoms with Crippen molar-refractivity contribution in [3.05, 3.63) is 91.5 Å². The summed E-state index contributed by atoms with van der Waals surface area (Å²) in [7, 11) is -2.33. The van der Waals surface area contributed by atoms with Crippen molar-refractivity contribution in [1.82, 2.24) is 5.32 Å². The van der Waals surface area contributed by atoms with Crippen molar-refractivity contribution in [3.63, 3.8) is 0 Å². The topological polar surface area (TPSA) is 125 Å². The van der Waals surface area contributed by atoms with Crippen molar-refractivity contribution in [2.24, 2.45) is 26.8 Å². The Labute approximate surface area is 276 Å². The third kappa shape index (κ3) is 5.00. The molecular formula is C35H37F3N4O5. The molecule has 0 aromatic rings. The summed E-state index contributed by atoms with van der Waals surface area (Å²) in [6, 6.07) is 0. The number of hydrogen-bond acceptors (Lipinski definition) is 9. The van der Waals surface area contributed by atoms with Crippen LogP contribution in [0.4, 0.5) is 13.2 Å². The summed E-state index contributed by atoms with van der Waals surface area (Å²) in [5.41, 5.74) is 5.43. The van der Waals surface area contributed by atoms with Crippen molar-refractivity contribution in [1.29, 1.82) is 1.43 Å². The van der Waals surface area contributed by atoms with Crippen LogP contribution in [0.3, 0.4) is 0 Å². The summed E-state index contributed by atoms with van der Waals surface area (Å²) < 4.78 is 85.1. The molecule has 3 N–H and O–H groups in total. The maximum Gasteiger partial charge on any atom is 0.448 e. The average Bonchev–Trinajstić information content (AvgIpc) is 3.80.